The predicted octanol–water partition coefficient (Wildman–Crippen LogP) is 3.83. The van der Waals surface area contributed by atoms with Gasteiger partial charge in [0.15, 0.2) is 0 Å². The highest BCUT2D eigenvalue weighted by molar-refractivity contribution is 5.64. The van der Waals surface area contributed by atoms with Crippen LogP contribution in [0.15, 0.2) is 30.6 Å². The maximum Gasteiger partial charge on any atom is 0.131 e. The highest BCUT2D eigenvalue weighted by atomic mass is 19.1. The Kier molecular flexibility index (Phi) is 4.45. The smallest absolute Gasteiger partial charge is 0.131 e. The van der Waals surface area contributed by atoms with Crippen LogP contribution in [-0.2, 0) is 6.54 Å². The van der Waals surface area contributed by atoms with Crippen molar-refractivity contribution in [3.8, 4) is 11.1 Å². The van der Waals surface area contributed by atoms with Crippen molar-refractivity contribution in [3.63, 3.8) is 0 Å². The summed E-state index contributed by atoms with van der Waals surface area (Å²) in [5.41, 5.74) is 2.07. The Morgan fingerprint density at radius 2 is 1.85 bits per heavy atom. The van der Waals surface area contributed by atoms with Crippen molar-refractivity contribution in [1.82, 2.24) is 10.3 Å². The van der Waals surface area contributed by atoms with Gasteiger partial charge in [0.05, 0.1) is 0 Å². The summed E-state index contributed by atoms with van der Waals surface area (Å²) >= 11 is 0. The first-order chi connectivity index (χ1) is 9.47. The monoisotopic (exact) mass is 276 g/mol. The maximum atomic E-state index is 14.0. The first-order valence-electron chi connectivity index (χ1n) is 6.60. The van der Waals surface area contributed by atoms with Crippen molar-refractivity contribution >= 4 is 0 Å². The van der Waals surface area contributed by atoms with Crippen LogP contribution in [0.3, 0.4) is 0 Å². The van der Waals surface area contributed by atoms with Crippen LogP contribution in [0.2, 0.25) is 0 Å². The fourth-order valence-corrected chi connectivity index (χ4v) is 1.92. The van der Waals surface area contributed by atoms with Crippen LogP contribution in [0.4, 0.5) is 8.78 Å². The van der Waals surface area contributed by atoms with Gasteiger partial charge in [-0.1, -0.05) is 13.8 Å². The van der Waals surface area contributed by atoms with Gasteiger partial charge in [0.1, 0.15) is 11.6 Å². The van der Waals surface area contributed by atoms with Crippen LogP contribution in [0, 0.1) is 18.6 Å². The highest BCUT2D eigenvalue weighted by Gasteiger charge is 2.10. The van der Waals surface area contributed by atoms with Crippen LogP contribution in [0.1, 0.15) is 25.0 Å². The van der Waals surface area contributed by atoms with E-state index in [1.165, 1.54) is 12.1 Å². The molecule has 0 radical (unpaired) electrons. The molecule has 4 heteroatoms. The number of nitrogens with zero attached hydrogens (tertiary/aromatic N) is 1. The summed E-state index contributed by atoms with van der Waals surface area (Å²) in [4.78, 5) is 4.10. The molecule has 0 saturated heterocycles. The molecule has 1 aromatic heterocycles. The Labute approximate surface area is 117 Å². The zero-order chi connectivity index (χ0) is 14.7. The number of benzene rings is 1. The van der Waals surface area contributed by atoms with Gasteiger partial charge < -0.3 is 5.32 Å². The van der Waals surface area contributed by atoms with Gasteiger partial charge in [-0.15, -0.1) is 0 Å². The lowest BCUT2D eigenvalue weighted by molar-refractivity contribution is 0.587. The molecule has 0 aliphatic heterocycles. The quantitative estimate of drug-likeness (QED) is 0.918. The normalized spacial score (nSPS) is 11.1. The lowest BCUT2D eigenvalue weighted by atomic mass is 10.0. The van der Waals surface area contributed by atoms with Gasteiger partial charge in [-0.2, -0.15) is 0 Å². The molecule has 0 fully saturated rings. The SMILES string of the molecule is Cc1cc(F)c(-c2cncc(CNC(C)C)c2)cc1F. The number of halogens is 2. The molecule has 1 heterocycles. The van der Waals surface area contributed by atoms with E-state index in [2.05, 4.69) is 10.3 Å². The fraction of sp³-hybridized carbons (Fsp3) is 0.312. The molecule has 20 heavy (non-hydrogen) atoms. The van der Waals surface area contributed by atoms with Crippen LogP contribution >= 0.6 is 0 Å². The van der Waals surface area contributed by atoms with E-state index in [1.54, 1.807) is 19.3 Å². The molecule has 0 saturated carbocycles. The molecule has 0 aliphatic carbocycles. The second kappa shape index (κ2) is 6.09. The number of aryl methyl sites for hydroxylation is 1. The van der Waals surface area contributed by atoms with E-state index >= 15 is 0 Å². The topological polar surface area (TPSA) is 24.9 Å². The number of hydrogen-bond acceptors (Lipinski definition) is 2. The van der Waals surface area contributed by atoms with E-state index in [0.717, 1.165) is 5.56 Å². The molecule has 0 aliphatic rings. The van der Waals surface area contributed by atoms with Crippen molar-refractivity contribution in [2.75, 3.05) is 0 Å². The van der Waals surface area contributed by atoms with E-state index in [4.69, 9.17) is 0 Å². The zero-order valence-electron chi connectivity index (χ0n) is 11.9. The lowest BCUT2D eigenvalue weighted by Gasteiger charge is -2.10. The average Bonchev–Trinajstić information content (AvgIpc) is 2.41. The Morgan fingerprint density at radius 3 is 2.55 bits per heavy atom. The van der Waals surface area contributed by atoms with E-state index in [-0.39, 0.29) is 5.56 Å². The predicted molar refractivity (Wildman–Crippen MR) is 76.3 cm³/mol. The highest BCUT2D eigenvalue weighted by Crippen LogP contribution is 2.25. The third-order valence-corrected chi connectivity index (χ3v) is 3.07. The zero-order valence-corrected chi connectivity index (χ0v) is 11.9. The van der Waals surface area contributed by atoms with Gasteiger partial charge in [-0.3, -0.25) is 4.98 Å². The molecule has 2 nitrogen and oxygen atoms in total. The molecule has 0 spiro atoms. The van der Waals surface area contributed by atoms with E-state index in [0.29, 0.717) is 23.7 Å². The van der Waals surface area contributed by atoms with Crippen LogP contribution in [-0.4, -0.2) is 11.0 Å². The van der Waals surface area contributed by atoms with E-state index < -0.39 is 11.6 Å². The van der Waals surface area contributed by atoms with Gasteiger partial charge in [-0.05, 0) is 36.2 Å². The van der Waals surface area contributed by atoms with Crippen molar-refractivity contribution in [2.45, 2.75) is 33.4 Å². The minimum atomic E-state index is -0.431. The molecule has 2 aromatic rings. The van der Waals surface area contributed by atoms with E-state index in [9.17, 15) is 8.78 Å². The third kappa shape index (κ3) is 3.39. The number of nitrogens with one attached hydrogen (secondary N) is 1. The van der Waals surface area contributed by atoms with Crippen molar-refractivity contribution in [2.24, 2.45) is 0 Å². The van der Waals surface area contributed by atoms with Gasteiger partial charge in [0.2, 0.25) is 0 Å². The molecule has 1 aromatic carbocycles. The maximum absolute atomic E-state index is 14.0. The third-order valence-electron chi connectivity index (χ3n) is 3.07. The van der Waals surface area contributed by atoms with Crippen LogP contribution < -0.4 is 5.32 Å². The standard InChI is InChI=1S/C16H18F2N2/c1-10(2)20-8-12-5-13(9-19-7-12)14-6-15(17)11(3)4-16(14)18/h4-7,9-10,20H,8H2,1-3H3. The van der Waals surface area contributed by atoms with Crippen LogP contribution in [0.5, 0.6) is 0 Å². The van der Waals surface area contributed by atoms with Crippen molar-refractivity contribution in [3.05, 3.63) is 53.4 Å². The van der Waals surface area contributed by atoms with Crippen molar-refractivity contribution in [1.29, 1.82) is 0 Å². The Bertz CT molecular complexity index is 609. The summed E-state index contributed by atoms with van der Waals surface area (Å²) in [6.07, 6.45) is 3.27. The van der Waals surface area contributed by atoms with Crippen molar-refractivity contribution < 1.29 is 8.78 Å². The second-order valence-electron chi connectivity index (χ2n) is 5.20. The Hall–Kier alpha value is -1.81. The fourth-order valence-electron chi connectivity index (χ4n) is 1.92. The Balaban J connectivity index is 2.33. The van der Waals surface area contributed by atoms with Gasteiger partial charge in [-0.25, -0.2) is 8.78 Å². The first kappa shape index (κ1) is 14.6. The summed E-state index contributed by atoms with van der Waals surface area (Å²) in [7, 11) is 0. The summed E-state index contributed by atoms with van der Waals surface area (Å²) in [6, 6.07) is 4.62. The minimum Gasteiger partial charge on any atom is -0.310 e. The lowest BCUT2D eigenvalue weighted by Crippen LogP contribution is -2.21. The molecule has 2 rings (SSSR count). The van der Waals surface area contributed by atoms with Gasteiger partial charge in [0, 0.05) is 36.1 Å². The molecular formula is C16H18F2N2. The Morgan fingerprint density at radius 1 is 1.10 bits per heavy atom. The number of rotatable bonds is 4. The van der Waals surface area contributed by atoms with Crippen LogP contribution in [0.25, 0.3) is 11.1 Å². The minimum absolute atomic E-state index is 0.243. The average molecular weight is 276 g/mol. The summed E-state index contributed by atoms with van der Waals surface area (Å²) in [5, 5.41) is 3.27. The molecular weight excluding hydrogens is 258 g/mol. The molecule has 0 bridgehead atoms. The number of pyridine rings is 1. The molecule has 106 valence electrons. The second-order valence-corrected chi connectivity index (χ2v) is 5.20. The molecule has 0 amide bonds. The molecule has 0 unspecified atom stereocenters. The summed E-state index contributed by atoms with van der Waals surface area (Å²) in [6.45, 7) is 6.29. The molecule has 0 atom stereocenters. The number of aromatic nitrogens is 1. The van der Waals surface area contributed by atoms with Gasteiger partial charge >= 0.3 is 0 Å². The first-order valence-corrected chi connectivity index (χ1v) is 6.60. The largest absolute Gasteiger partial charge is 0.310 e. The summed E-state index contributed by atoms with van der Waals surface area (Å²) in [5.74, 6) is -0.841. The van der Waals surface area contributed by atoms with E-state index in [1.807, 2.05) is 19.9 Å². The summed E-state index contributed by atoms with van der Waals surface area (Å²) < 4.78 is 27.6. The van der Waals surface area contributed by atoms with Gasteiger partial charge in [0.25, 0.3) is 0 Å². The number of hydrogen-bond donors (Lipinski definition) is 1. The molecule has 1 N–H and O–H groups in total.